The van der Waals surface area contributed by atoms with Gasteiger partial charge in [-0.15, -0.1) is 10.2 Å². The Morgan fingerprint density at radius 3 is 2.52 bits per heavy atom. The van der Waals surface area contributed by atoms with Gasteiger partial charge in [0.1, 0.15) is 11.4 Å². The number of anilines is 1. The molecule has 0 saturated heterocycles. The number of hydrogen-bond donors (Lipinski definition) is 3. The Morgan fingerprint density at radius 1 is 1.19 bits per heavy atom. The summed E-state index contributed by atoms with van der Waals surface area (Å²) in [6, 6.07) is 2.85. The molecule has 1 saturated carbocycles. The Kier molecular flexibility index (Phi) is 4.04. The molecule has 1 fully saturated rings. The first-order valence-corrected chi connectivity index (χ1v) is 8.50. The van der Waals surface area contributed by atoms with Crippen molar-refractivity contribution in [2.24, 2.45) is 0 Å². The standard InChI is InChI=1S/C18H18F3N3O3/c1-17(26)5-10(6-17)22-16-13-8-27-7-12(13)15(23-24-16)11-3-2-9(4-14(11)25)18(19,20)21/h2-4,10,25-26H,5-8H2,1H3,(H,22,24). The first-order chi connectivity index (χ1) is 12.6. The maximum absolute atomic E-state index is 12.8. The molecule has 144 valence electrons. The molecule has 9 heteroatoms. The smallest absolute Gasteiger partial charge is 0.416 e. The van der Waals surface area contributed by atoms with Crippen LogP contribution in [0.15, 0.2) is 18.2 Å². The van der Waals surface area contributed by atoms with E-state index in [1.165, 1.54) is 6.07 Å². The predicted octanol–water partition coefficient (Wildman–Crippen LogP) is 3.22. The van der Waals surface area contributed by atoms with E-state index >= 15 is 0 Å². The number of halogens is 3. The Balaban J connectivity index is 1.66. The lowest BCUT2D eigenvalue weighted by molar-refractivity contribution is -0.137. The van der Waals surface area contributed by atoms with E-state index in [0.29, 0.717) is 42.6 Å². The second-order valence-corrected chi connectivity index (χ2v) is 7.32. The Morgan fingerprint density at radius 2 is 1.89 bits per heavy atom. The van der Waals surface area contributed by atoms with E-state index in [1.54, 1.807) is 6.92 Å². The largest absolute Gasteiger partial charge is 0.507 e. The summed E-state index contributed by atoms with van der Waals surface area (Å²) >= 11 is 0. The van der Waals surface area contributed by atoms with E-state index in [0.717, 1.165) is 11.6 Å². The lowest BCUT2D eigenvalue weighted by Gasteiger charge is -2.41. The SMILES string of the molecule is CC1(O)CC(Nc2nnc(-c3ccc(C(F)(F)F)cc3O)c3c2COC3)C1. The summed E-state index contributed by atoms with van der Waals surface area (Å²) in [5.41, 5.74) is 0.325. The molecule has 2 heterocycles. The molecular weight excluding hydrogens is 363 g/mol. The average molecular weight is 381 g/mol. The van der Waals surface area contributed by atoms with Crippen molar-refractivity contribution in [3.8, 4) is 17.0 Å². The Bertz CT molecular complexity index is 891. The molecule has 6 nitrogen and oxygen atoms in total. The molecule has 27 heavy (non-hydrogen) atoms. The molecule has 0 bridgehead atoms. The molecule has 2 aromatic rings. The quantitative estimate of drug-likeness (QED) is 0.757. The summed E-state index contributed by atoms with van der Waals surface area (Å²) < 4.78 is 43.9. The number of fused-ring (bicyclic) bond motifs is 1. The normalized spacial score (nSPS) is 24.4. The van der Waals surface area contributed by atoms with Crippen molar-refractivity contribution in [2.75, 3.05) is 5.32 Å². The highest BCUT2D eigenvalue weighted by molar-refractivity contribution is 5.73. The molecule has 3 N–H and O–H groups in total. The van der Waals surface area contributed by atoms with E-state index in [9.17, 15) is 23.4 Å². The van der Waals surface area contributed by atoms with Crippen LogP contribution < -0.4 is 5.32 Å². The van der Waals surface area contributed by atoms with Gasteiger partial charge in [-0.05, 0) is 38.0 Å². The van der Waals surface area contributed by atoms with Gasteiger partial charge in [-0.2, -0.15) is 13.2 Å². The van der Waals surface area contributed by atoms with E-state index < -0.39 is 23.1 Å². The van der Waals surface area contributed by atoms with Crippen LogP contribution in [0.3, 0.4) is 0 Å². The summed E-state index contributed by atoms with van der Waals surface area (Å²) in [6.45, 7) is 2.29. The Labute approximate surface area is 153 Å². The minimum absolute atomic E-state index is 0.0734. The molecule has 2 aliphatic rings. The number of nitrogens with one attached hydrogen (secondary N) is 1. The van der Waals surface area contributed by atoms with Gasteiger partial charge in [-0.1, -0.05) is 0 Å². The van der Waals surface area contributed by atoms with E-state index in [2.05, 4.69) is 15.5 Å². The molecule has 4 rings (SSSR count). The number of aromatic nitrogens is 2. The number of rotatable bonds is 3. The lowest BCUT2D eigenvalue weighted by Crippen LogP contribution is -2.48. The summed E-state index contributed by atoms with van der Waals surface area (Å²) in [7, 11) is 0. The van der Waals surface area contributed by atoms with Crippen LogP contribution in [0.5, 0.6) is 5.75 Å². The van der Waals surface area contributed by atoms with Crippen LogP contribution in [0.25, 0.3) is 11.3 Å². The van der Waals surface area contributed by atoms with Gasteiger partial charge in [-0.3, -0.25) is 0 Å². The number of phenols is 1. The van der Waals surface area contributed by atoms with Crippen LogP contribution >= 0.6 is 0 Å². The van der Waals surface area contributed by atoms with Crippen molar-refractivity contribution < 1.29 is 28.1 Å². The molecule has 0 amide bonds. The zero-order chi connectivity index (χ0) is 19.4. The monoisotopic (exact) mass is 381 g/mol. The molecule has 1 aromatic carbocycles. The summed E-state index contributed by atoms with van der Waals surface area (Å²) in [4.78, 5) is 0. The van der Waals surface area contributed by atoms with Gasteiger partial charge >= 0.3 is 6.18 Å². The summed E-state index contributed by atoms with van der Waals surface area (Å²) in [6.07, 6.45) is -3.36. The van der Waals surface area contributed by atoms with Crippen molar-refractivity contribution in [3.63, 3.8) is 0 Å². The van der Waals surface area contributed by atoms with Gasteiger partial charge in [0.25, 0.3) is 0 Å². The van der Waals surface area contributed by atoms with Gasteiger partial charge in [0, 0.05) is 22.7 Å². The minimum Gasteiger partial charge on any atom is -0.507 e. The minimum atomic E-state index is -4.54. The highest BCUT2D eigenvalue weighted by Crippen LogP contribution is 2.40. The molecule has 0 unspecified atom stereocenters. The second kappa shape index (κ2) is 6.07. The topological polar surface area (TPSA) is 87.5 Å². The number of benzene rings is 1. The molecule has 1 aromatic heterocycles. The third-order valence-corrected chi connectivity index (χ3v) is 4.97. The van der Waals surface area contributed by atoms with E-state index in [4.69, 9.17) is 4.74 Å². The van der Waals surface area contributed by atoms with Gasteiger partial charge in [0.15, 0.2) is 5.82 Å². The van der Waals surface area contributed by atoms with Gasteiger partial charge < -0.3 is 20.3 Å². The first-order valence-electron chi connectivity index (χ1n) is 8.50. The van der Waals surface area contributed by atoms with Crippen LogP contribution in [0.2, 0.25) is 0 Å². The van der Waals surface area contributed by atoms with Crippen molar-refractivity contribution in [1.29, 1.82) is 0 Å². The summed E-state index contributed by atoms with van der Waals surface area (Å²) in [5, 5.41) is 31.5. The fourth-order valence-corrected chi connectivity index (χ4v) is 3.61. The first kappa shape index (κ1) is 18.0. The van der Waals surface area contributed by atoms with Crippen LogP contribution in [0.4, 0.5) is 19.0 Å². The highest BCUT2D eigenvalue weighted by Gasteiger charge is 2.39. The zero-order valence-corrected chi connectivity index (χ0v) is 14.5. The van der Waals surface area contributed by atoms with Gasteiger partial charge in [-0.25, -0.2) is 0 Å². The lowest BCUT2D eigenvalue weighted by atomic mass is 9.77. The van der Waals surface area contributed by atoms with Crippen LogP contribution in [-0.4, -0.2) is 32.1 Å². The van der Waals surface area contributed by atoms with E-state index in [-0.39, 0.29) is 18.2 Å². The molecular formula is C18H18F3N3O3. The predicted molar refractivity (Wildman–Crippen MR) is 89.9 cm³/mol. The summed E-state index contributed by atoms with van der Waals surface area (Å²) in [5.74, 6) is 0.0297. The van der Waals surface area contributed by atoms with Crippen LogP contribution in [0, 0.1) is 0 Å². The maximum Gasteiger partial charge on any atom is 0.416 e. The van der Waals surface area contributed by atoms with Crippen LogP contribution in [-0.2, 0) is 24.1 Å². The van der Waals surface area contributed by atoms with Crippen molar-refractivity contribution in [1.82, 2.24) is 10.2 Å². The van der Waals surface area contributed by atoms with Crippen molar-refractivity contribution in [3.05, 3.63) is 34.9 Å². The number of ether oxygens (including phenoxy) is 1. The number of aromatic hydroxyl groups is 1. The number of hydrogen-bond acceptors (Lipinski definition) is 6. The number of nitrogens with zero attached hydrogens (tertiary/aromatic N) is 2. The molecule has 0 atom stereocenters. The molecule has 1 aliphatic heterocycles. The number of phenolic OH excluding ortho intramolecular Hbond substituents is 1. The zero-order valence-electron chi connectivity index (χ0n) is 14.5. The average Bonchev–Trinajstić information content (AvgIpc) is 3.03. The third kappa shape index (κ3) is 3.32. The molecule has 0 spiro atoms. The molecule has 1 aliphatic carbocycles. The fraction of sp³-hybridized carbons (Fsp3) is 0.444. The maximum atomic E-state index is 12.8. The molecule has 0 radical (unpaired) electrons. The van der Waals surface area contributed by atoms with Gasteiger partial charge in [0.2, 0.25) is 0 Å². The van der Waals surface area contributed by atoms with Crippen LogP contribution in [0.1, 0.15) is 36.5 Å². The van der Waals surface area contributed by atoms with Crippen molar-refractivity contribution in [2.45, 2.75) is 50.8 Å². The number of alkyl halides is 3. The second-order valence-electron chi connectivity index (χ2n) is 7.32. The van der Waals surface area contributed by atoms with E-state index in [1.807, 2.05) is 0 Å². The fourth-order valence-electron chi connectivity index (χ4n) is 3.61. The Hall–Kier alpha value is -2.39. The number of aliphatic hydroxyl groups is 1. The van der Waals surface area contributed by atoms with Gasteiger partial charge in [0.05, 0.1) is 24.4 Å². The van der Waals surface area contributed by atoms with Crippen molar-refractivity contribution >= 4 is 5.82 Å². The third-order valence-electron chi connectivity index (χ3n) is 4.97. The highest BCUT2D eigenvalue weighted by atomic mass is 19.4.